The maximum absolute atomic E-state index is 10.9. The Kier molecular flexibility index (Phi) is 2.51. The Bertz CT molecular complexity index is 277. The van der Waals surface area contributed by atoms with E-state index in [9.17, 15) is 10.2 Å². The molecule has 3 fully saturated rings. The molecule has 0 radical (unpaired) electrons. The summed E-state index contributed by atoms with van der Waals surface area (Å²) >= 11 is 0. The molecule has 3 rings (SSSR count). The van der Waals surface area contributed by atoms with Gasteiger partial charge in [-0.1, -0.05) is 0 Å². The summed E-state index contributed by atoms with van der Waals surface area (Å²) in [6, 6.07) is 0. The number of rotatable bonds is 2. The van der Waals surface area contributed by atoms with Crippen molar-refractivity contribution in [1.29, 1.82) is 0 Å². The second kappa shape index (κ2) is 3.67. The van der Waals surface area contributed by atoms with E-state index in [-0.39, 0.29) is 18.8 Å². The fourth-order valence-electron chi connectivity index (χ4n) is 3.94. The van der Waals surface area contributed by atoms with Gasteiger partial charge < -0.3 is 20.3 Å². The molecule has 3 saturated heterocycles. The lowest BCUT2D eigenvalue weighted by molar-refractivity contribution is -0.151. The van der Waals surface area contributed by atoms with Gasteiger partial charge in [0, 0.05) is 0 Å². The number of aliphatic hydroxyl groups excluding tert-OH is 1. The third-order valence-electron chi connectivity index (χ3n) is 4.96. The maximum atomic E-state index is 10.9. The Morgan fingerprint density at radius 1 is 1.25 bits per heavy atom. The fraction of sp³-hybridized carbons (Fsp3) is 1.00. The highest BCUT2D eigenvalue weighted by Gasteiger charge is 2.62. The van der Waals surface area contributed by atoms with Gasteiger partial charge in [-0.2, -0.15) is 0 Å². The van der Waals surface area contributed by atoms with Crippen LogP contribution >= 0.6 is 0 Å². The minimum atomic E-state index is -0.729. The van der Waals surface area contributed by atoms with Gasteiger partial charge in [0.1, 0.15) is 0 Å². The lowest BCUT2D eigenvalue weighted by atomic mass is 9.60. The molecular weight excluding hydrogens is 206 g/mol. The Hall–Kier alpha value is -0.160. The van der Waals surface area contributed by atoms with Gasteiger partial charge in [0.25, 0.3) is 0 Å². The van der Waals surface area contributed by atoms with E-state index in [2.05, 4.69) is 5.32 Å². The average Bonchev–Trinajstić information content (AvgIpc) is 2.90. The summed E-state index contributed by atoms with van der Waals surface area (Å²) in [4.78, 5) is 0. The lowest BCUT2D eigenvalue weighted by Gasteiger charge is -2.49. The third kappa shape index (κ3) is 1.30. The standard InChI is InChI=1S/C12H21NO3/c14-8-11(7-9-1-2-10(11)16-9)12(15)3-5-13-6-4-12/h9-10,13-15H,1-8H2. The highest BCUT2D eigenvalue weighted by Crippen LogP contribution is 2.55. The van der Waals surface area contributed by atoms with Crippen molar-refractivity contribution in [2.75, 3.05) is 19.7 Å². The van der Waals surface area contributed by atoms with Gasteiger partial charge in [-0.3, -0.25) is 0 Å². The Morgan fingerprint density at radius 3 is 2.50 bits per heavy atom. The number of ether oxygens (including phenoxy) is 1. The minimum absolute atomic E-state index is 0.0602. The van der Waals surface area contributed by atoms with E-state index in [0.29, 0.717) is 0 Å². The monoisotopic (exact) mass is 227 g/mol. The van der Waals surface area contributed by atoms with Crippen molar-refractivity contribution in [1.82, 2.24) is 5.32 Å². The molecule has 0 aromatic rings. The molecule has 0 aromatic carbocycles. The molecule has 92 valence electrons. The summed E-state index contributed by atoms with van der Waals surface area (Å²) in [5.41, 5.74) is -1.12. The summed E-state index contributed by atoms with van der Waals surface area (Å²) in [6.07, 6.45) is 4.76. The molecule has 4 nitrogen and oxygen atoms in total. The molecule has 3 atom stereocenters. The van der Waals surface area contributed by atoms with Crippen molar-refractivity contribution in [3.8, 4) is 0 Å². The molecule has 0 aliphatic carbocycles. The number of aliphatic hydroxyl groups is 2. The molecule has 0 spiro atoms. The van der Waals surface area contributed by atoms with E-state index in [1.54, 1.807) is 0 Å². The number of fused-ring (bicyclic) bond motifs is 2. The molecule has 3 aliphatic heterocycles. The molecular formula is C12H21NO3. The summed E-state index contributed by atoms with van der Waals surface area (Å²) in [5.74, 6) is 0. The van der Waals surface area contributed by atoms with E-state index in [0.717, 1.165) is 45.2 Å². The number of hydrogen-bond acceptors (Lipinski definition) is 4. The summed E-state index contributed by atoms with van der Waals surface area (Å²) in [6.45, 7) is 1.75. The Balaban J connectivity index is 1.89. The van der Waals surface area contributed by atoms with E-state index in [1.807, 2.05) is 0 Å². The van der Waals surface area contributed by atoms with Crippen molar-refractivity contribution in [2.24, 2.45) is 5.41 Å². The highest BCUT2D eigenvalue weighted by molar-refractivity contribution is 5.11. The number of hydrogen-bond donors (Lipinski definition) is 3. The highest BCUT2D eigenvalue weighted by atomic mass is 16.5. The van der Waals surface area contributed by atoms with Crippen molar-refractivity contribution < 1.29 is 14.9 Å². The van der Waals surface area contributed by atoms with Crippen molar-refractivity contribution in [2.45, 2.75) is 49.9 Å². The van der Waals surface area contributed by atoms with E-state index >= 15 is 0 Å². The first-order valence-electron chi connectivity index (χ1n) is 6.40. The van der Waals surface area contributed by atoms with Crippen molar-refractivity contribution in [3.63, 3.8) is 0 Å². The van der Waals surface area contributed by atoms with Crippen LogP contribution in [0.15, 0.2) is 0 Å². The molecule has 0 saturated carbocycles. The van der Waals surface area contributed by atoms with Crippen LogP contribution in [0.4, 0.5) is 0 Å². The summed E-state index contributed by atoms with van der Waals surface area (Å²) < 4.78 is 5.86. The Labute approximate surface area is 96.0 Å². The van der Waals surface area contributed by atoms with Crippen LogP contribution in [0.2, 0.25) is 0 Å². The van der Waals surface area contributed by atoms with E-state index in [4.69, 9.17) is 4.74 Å². The van der Waals surface area contributed by atoms with Gasteiger partial charge in [0.2, 0.25) is 0 Å². The lowest BCUT2D eigenvalue weighted by Crippen LogP contribution is -2.60. The second-order valence-corrected chi connectivity index (χ2v) is 5.62. The maximum Gasteiger partial charge on any atom is 0.0775 e. The first-order chi connectivity index (χ1) is 7.70. The summed E-state index contributed by atoms with van der Waals surface area (Å²) in [7, 11) is 0. The van der Waals surface area contributed by atoms with Crippen molar-refractivity contribution in [3.05, 3.63) is 0 Å². The van der Waals surface area contributed by atoms with Crippen LogP contribution in [0.1, 0.15) is 32.1 Å². The van der Waals surface area contributed by atoms with Crippen LogP contribution < -0.4 is 5.32 Å². The molecule has 16 heavy (non-hydrogen) atoms. The smallest absolute Gasteiger partial charge is 0.0775 e. The topological polar surface area (TPSA) is 61.7 Å². The van der Waals surface area contributed by atoms with E-state index in [1.165, 1.54) is 0 Å². The first kappa shape index (κ1) is 11.0. The molecule has 2 bridgehead atoms. The zero-order valence-corrected chi connectivity index (χ0v) is 9.61. The van der Waals surface area contributed by atoms with Crippen LogP contribution in [0, 0.1) is 5.41 Å². The largest absolute Gasteiger partial charge is 0.396 e. The summed E-state index contributed by atoms with van der Waals surface area (Å²) in [5, 5.41) is 23.9. The number of nitrogens with one attached hydrogen (secondary N) is 1. The average molecular weight is 227 g/mol. The molecule has 3 unspecified atom stereocenters. The molecule has 4 heteroatoms. The van der Waals surface area contributed by atoms with Crippen LogP contribution in [0.5, 0.6) is 0 Å². The quantitative estimate of drug-likeness (QED) is 0.623. The predicted octanol–water partition coefficient (Wildman–Crippen LogP) is 0.0309. The minimum Gasteiger partial charge on any atom is -0.396 e. The van der Waals surface area contributed by atoms with Gasteiger partial charge in [-0.15, -0.1) is 0 Å². The predicted molar refractivity (Wildman–Crippen MR) is 59.1 cm³/mol. The van der Waals surface area contributed by atoms with Gasteiger partial charge >= 0.3 is 0 Å². The molecule has 3 heterocycles. The third-order valence-corrected chi connectivity index (χ3v) is 4.96. The SMILES string of the molecule is OCC1(C2(O)CCNCC2)CC2CCC1O2. The molecule has 0 aromatic heterocycles. The van der Waals surface area contributed by atoms with Gasteiger partial charge in [0.05, 0.1) is 29.8 Å². The molecule has 0 amide bonds. The normalized spacial score (nSPS) is 46.1. The van der Waals surface area contributed by atoms with Gasteiger partial charge in [-0.05, 0) is 45.2 Å². The molecule has 3 aliphatic rings. The van der Waals surface area contributed by atoms with Crippen LogP contribution in [0.25, 0.3) is 0 Å². The fourth-order valence-corrected chi connectivity index (χ4v) is 3.94. The zero-order chi connectivity index (χ0) is 11.2. The van der Waals surface area contributed by atoms with E-state index < -0.39 is 11.0 Å². The second-order valence-electron chi connectivity index (χ2n) is 5.62. The van der Waals surface area contributed by atoms with Crippen LogP contribution in [-0.2, 0) is 4.74 Å². The van der Waals surface area contributed by atoms with Crippen LogP contribution in [-0.4, -0.2) is 47.7 Å². The van der Waals surface area contributed by atoms with Crippen LogP contribution in [0.3, 0.4) is 0 Å². The molecule has 3 N–H and O–H groups in total. The van der Waals surface area contributed by atoms with Gasteiger partial charge in [-0.25, -0.2) is 0 Å². The first-order valence-corrected chi connectivity index (χ1v) is 6.40. The Morgan fingerprint density at radius 2 is 2.00 bits per heavy atom. The van der Waals surface area contributed by atoms with Gasteiger partial charge in [0.15, 0.2) is 0 Å². The zero-order valence-electron chi connectivity index (χ0n) is 9.61. The van der Waals surface area contributed by atoms with Crippen molar-refractivity contribution >= 4 is 0 Å². The number of piperidine rings is 1.